The van der Waals surface area contributed by atoms with E-state index in [1.807, 2.05) is 31.2 Å². The van der Waals surface area contributed by atoms with Crippen molar-refractivity contribution in [1.82, 2.24) is 4.90 Å². The van der Waals surface area contributed by atoms with Crippen LogP contribution < -0.4 is 14.2 Å². The van der Waals surface area contributed by atoms with Gasteiger partial charge in [-0.05, 0) is 42.8 Å². The molecular weight excluding hydrogens is 504 g/mol. The van der Waals surface area contributed by atoms with Gasteiger partial charge in [-0.3, -0.25) is 10.2 Å². The Morgan fingerprint density at radius 3 is 2.50 bits per heavy atom. The molecule has 0 aliphatic carbocycles. The average Bonchev–Trinajstić information content (AvgIpc) is 3.28. The molecule has 0 saturated heterocycles. The quantitative estimate of drug-likeness (QED) is 0.313. The Bertz CT molecular complexity index is 1400. The number of nitrogens with zero attached hydrogens (tertiary/aromatic N) is 3. The Morgan fingerprint density at radius 2 is 1.81 bits per heavy atom. The molecule has 0 unspecified atom stereocenters. The van der Waals surface area contributed by atoms with E-state index in [-0.39, 0.29) is 21.7 Å². The van der Waals surface area contributed by atoms with Crippen molar-refractivity contribution in [2.24, 2.45) is 9.39 Å². The van der Waals surface area contributed by atoms with Crippen LogP contribution in [0.1, 0.15) is 17.5 Å². The Morgan fingerprint density at radius 1 is 1.08 bits per heavy atom. The number of aryl methyl sites for hydroxylation is 1. The topological polar surface area (TPSA) is 131 Å². The van der Waals surface area contributed by atoms with Crippen molar-refractivity contribution >= 4 is 49.9 Å². The number of nitrogens with one attached hydrogen (secondary N) is 1. The molecule has 0 fully saturated rings. The monoisotopic (exact) mass is 528 g/mol. The van der Waals surface area contributed by atoms with Crippen molar-refractivity contribution in [1.29, 1.82) is 5.41 Å². The number of ether oxygens (including phenoxy) is 3. The lowest BCUT2D eigenvalue weighted by molar-refractivity contribution is -0.114. The van der Waals surface area contributed by atoms with E-state index in [4.69, 9.17) is 19.6 Å². The molecular formula is C24H24N4O6S2. The molecule has 10 nitrogen and oxygen atoms in total. The number of hydrogen-bond donors (Lipinski definition) is 1. The van der Waals surface area contributed by atoms with Crippen LogP contribution in [-0.4, -0.2) is 62.0 Å². The summed E-state index contributed by atoms with van der Waals surface area (Å²) in [6, 6.07) is 12.9. The molecule has 12 heteroatoms. The Hall–Kier alpha value is -3.64. The van der Waals surface area contributed by atoms with E-state index in [9.17, 15) is 13.2 Å². The van der Waals surface area contributed by atoms with Gasteiger partial charge in [0.05, 0.1) is 37.8 Å². The lowest BCUT2D eigenvalue weighted by atomic mass is 10.1. The van der Waals surface area contributed by atoms with Gasteiger partial charge in [-0.1, -0.05) is 23.8 Å². The maximum atomic E-state index is 12.5. The number of benzene rings is 2. The molecule has 1 N–H and O–H groups in total. The summed E-state index contributed by atoms with van der Waals surface area (Å²) in [5.74, 6) is 0.793. The molecule has 0 atom stereocenters. The van der Waals surface area contributed by atoms with E-state index < -0.39 is 15.7 Å². The van der Waals surface area contributed by atoms with Gasteiger partial charge in [0.15, 0.2) is 11.5 Å². The third kappa shape index (κ3) is 5.60. The normalized spacial score (nSPS) is 16.5. The molecule has 2 heterocycles. The molecule has 2 aromatic rings. The third-order valence-corrected chi connectivity index (χ3v) is 6.91. The SMILES string of the molecule is COc1cc(/C=C2/C(=N)N3C(=NC2=O)SN=C3S(C)(=O)=O)ccc1OCCCOc1ccc(C)cc1. The second kappa shape index (κ2) is 10.5. The third-order valence-electron chi connectivity index (χ3n) is 5.16. The van der Waals surface area contributed by atoms with Crippen LogP contribution in [0.5, 0.6) is 17.2 Å². The van der Waals surface area contributed by atoms with Gasteiger partial charge in [-0.2, -0.15) is 9.39 Å². The van der Waals surface area contributed by atoms with Crippen molar-refractivity contribution in [2.45, 2.75) is 13.3 Å². The van der Waals surface area contributed by atoms with Gasteiger partial charge in [0, 0.05) is 12.7 Å². The highest BCUT2D eigenvalue weighted by Crippen LogP contribution is 2.32. The number of hydrogen-bond acceptors (Lipinski definition) is 9. The lowest BCUT2D eigenvalue weighted by Gasteiger charge is -2.23. The fourth-order valence-corrected chi connectivity index (χ4v) is 5.21. The average molecular weight is 529 g/mol. The fraction of sp³-hybridized carbons (Fsp3) is 0.250. The van der Waals surface area contributed by atoms with Crippen LogP contribution in [0.15, 0.2) is 57.4 Å². The lowest BCUT2D eigenvalue weighted by Crippen LogP contribution is -2.45. The molecule has 0 bridgehead atoms. The van der Waals surface area contributed by atoms with Crippen LogP contribution in [0.4, 0.5) is 0 Å². The first kappa shape index (κ1) is 25.5. The summed E-state index contributed by atoms with van der Waals surface area (Å²) in [5, 5.41) is 8.14. The van der Waals surface area contributed by atoms with Gasteiger partial charge in [0.1, 0.15) is 11.6 Å². The van der Waals surface area contributed by atoms with Gasteiger partial charge in [0.25, 0.3) is 5.91 Å². The molecule has 0 saturated carbocycles. The molecule has 2 aliphatic rings. The summed E-state index contributed by atoms with van der Waals surface area (Å²) in [6.07, 6.45) is 3.10. The number of carbonyl (C=O) groups is 1. The van der Waals surface area contributed by atoms with Crippen LogP contribution in [0.2, 0.25) is 0 Å². The highest BCUT2D eigenvalue weighted by molar-refractivity contribution is 8.16. The maximum absolute atomic E-state index is 12.5. The van der Waals surface area contributed by atoms with Crippen LogP contribution in [0, 0.1) is 12.3 Å². The van der Waals surface area contributed by atoms with Crippen molar-refractivity contribution in [2.75, 3.05) is 26.6 Å². The second-order valence-electron chi connectivity index (χ2n) is 7.95. The number of carbonyl (C=O) groups excluding carboxylic acids is 1. The second-order valence-corrected chi connectivity index (χ2v) is 10.6. The first-order valence-electron chi connectivity index (χ1n) is 10.9. The Kier molecular flexibility index (Phi) is 7.45. The fourth-order valence-electron chi connectivity index (χ4n) is 3.36. The van der Waals surface area contributed by atoms with Crippen molar-refractivity contribution < 1.29 is 27.4 Å². The highest BCUT2D eigenvalue weighted by atomic mass is 32.2. The molecule has 188 valence electrons. The summed E-state index contributed by atoms with van der Waals surface area (Å²) < 4.78 is 44.9. The molecule has 36 heavy (non-hydrogen) atoms. The standard InChI is InChI=1S/C24H24N4O6S2/c1-15-5-8-17(9-6-15)33-11-4-12-34-19-10-7-16(14-20(19)32-2)13-18-21(25)28-23(26-22(18)29)35-27-24(28)36(3,30)31/h5-10,13-14,25H,4,11-12H2,1-3H3/b18-13-,25-21?. The minimum absolute atomic E-state index is 0.0373. The van der Waals surface area contributed by atoms with E-state index >= 15 is 0 Å². The predicted molar refractivity (Wildman–Crippen MR) is 140 cm³/mol. The van der Waals surface area contributed by atoms with Crippen LogP contribution >= 0.6 is 11.9 Å². The number of rotatable bonds is 8. The van der Waals surface area contributed by atoms with Crippen molar-refractivity contribution in [3.63, 3.8) is 0 Å². The first-order chi connectivity index (χ1) is 17.2. The van der Waals surface area contributed by atoms with E-state index in [1.54, 1.807) is 18.2 Å². The van der Waals surface area contributed by atoms with Crippen molar-refractivity contribution in [3.8, 4) is 17.2 Å². The number of sulfone groups is 1. The number of fused-ring (bicyclic) bond motifs is 1. The zero-order valence-electron chi connectivity index (χ0n) is 19.8. The van der Waals surface area contributed by atoms with E-state index in [0.717, 1.165) is 28.9 Å². The van der Waals surface area contributed by atoms with Crippen molar-refractivity contribution in [3.05, 3.63) is 59.2 Å². The predicted octanol–water partition coefficient (Wildman–Crippen LogP) is 3.47. The Balaban J connectivity index is 1.43. The Labute approximate surface area is 213 Å². The van der Waals surface area contributed by atoms with Crippen LogP contribution in [0.3, 0.4) is 0 Å². The smallest absolute Gasteiger partial charge is 0.283 e. The molecule has 0 spiro atoms. The number of methoxy groups -OCH3 is 1. The summed E-state index contributed by atoms with van der Waals surface area (Å²) >= 11 is 0.746. The molecule has 2 aromatic carbocycles. The van der Waals surface area contributed by atoms with Gasteiger partial charge < -0.3 is 14.2 Å². The van der Waals surface area contributed by atoms with E-state index in [0.29, 0.717) is 36.7 Å². The number of amides is 1. The highest BCUT2D eigenvalue weighted by Gasteiger charge is 2.41. The molecule has 0 aromatic heterocycles. The molecule has 2 aliphatic heterocycles. The summed E-state index contributed by atoms with van der Waals surface area (Å²) in [5.41, 5.74) is 1.65. The zero-order valence-corrected chi connectivity index (χ0v) is 21.5. The van der Waals surface area contributed by atoms with Crippen LogP contribution in [0.25, 0.3) is 6.08 Å². The molecule has 0 radical (unpaired) electrons. The maximum Gasteiger partial charge on any atom is 0.283 e. The zero-order chi connectivity index (χ0) is 25.9. The van der Waals surface area contributed by atoms with E-state index in [2.05, 4.69) is 9.39 Å². The number of aliphatic imine (C=N–C) groups is 1. The van der Waals surface area contributed by atoms with Gasteiger partial charge in [-0.25, -0.2) is 13.3 Å². The van der Waals surface area contributed by atoms with Crippen LogP contribution in [-0.2, 0) is 14.6 Å². The van der Waals surface area contributed by atoms with Gasteiger partial charge in [0.2, 0.25) is 20.2 Å². The first-order valence-corrected chi connectivity index (χ1v) is 13.5. The summed E-state index contributed by atoms with van der Waals surface area (Å²) in [7, 11) is -2.22. The van der Waals surface area contributed by atoms with Gasteiger partial charge in [-0.15, -0.1) is 0 Å². The molecule has 4 rings (SSSR count). The van der Waals surface area contributed by atoms with E-state index in [1.165, 1.54) is 18.7 Å². The molecule has 1 amide bonds. The summed E-state index contributed by atoms with van der Waals surface area (Å²) in [6.45, 7) is 2.92. The summed E-state index contributed by atoms with van der Waals surface area (Å²) in [4.78, 5) is 17.5. The minimum atomic E-state index is -3.72. The minimum Gasteiger partial charge on any atom is -0.493 e. The van der Waals surface area contributed by atoms with Gasteiger partial charge >= 0.3 is 0 Å². The number of amidine groups is 3. The largest absolute Gasteiger partial charge is 0.493 e.